The van der Waals surface area contributed by atoms with E-state index in [1.165, 1.54) is 8.47 Å². The van der Waals surface area contributed by atoms with Gasteiger partial charge in [-0.2, -0.15) is 21.0 Å². The lowest BCUT2D eigenvalue weighted by molar-refractivity contribution is 1.22. The SMILES string of the molecule is N#CCCSC1SC(=C2SC(SCCC#N)C(SCCC#N)S2)SC1SCCC#N. The normalized spacial score (nSPS) is 25.5. The lowest BCUT2D eigenvalue weighted by atomic mass is 10.6. The van der Waals surface area contributed by atoms with E-state index in [0.717, 1.165) is 23.0 Å². The second-order valence-electron chi connectivity index (χ2n) is 5.64. The van der Waals surface area contributed by atoms with E-state index in [-0.39, 0.29) is 0 Å². The molecule has 4 unspecified atom stereocenters. The van der Waals surface area contributed by atoms with Crippen LogP contribution in [0.3, 0.4) is 0 Å². The van der Waals surface area contributed by atoms with E-state index in [2.05, 4.69) is 24.3 Å². The predicted molar refractivity (Wildman–Crippen MR) is 143 cm³/mol. The fraction of sp³-hybridized carbons (Fsp3) is 0.667. The summed E-state index contributed by atoms with van der Waals surface area (Å²) in [5.74, 6) is 3.36. The van der Waals surface area contributed by atoms with Crippen molar-refractivity contribution in [3.63, 3.8) is 0 Å². The summed E-state index contributed by atoms with van der Waals surface area (Å²) >= 11 is 15.1. The Hall–Kier alpha value is 0.500. The minimum absolute atomic E-state index is 0.394. The molecule has 2 rings (SSSR count). The maximum Gasteiger partial charge on any atom is 0.0769 e. The van der Waals surface area contributed by atoms with Gasteiger partial charge in [0, 0.05) is 48.7 Å². The molecule has 4 atom stereocenters. The van der Waals surface area contributed by atoms with Gasteiger partial charge < -0.3 is 0 Å². The van der Waals surface area contributed by atoms with E-state index < -0.39 is 0 Å². The third-order valence-electron chi connectivity index (χ3n) is 3.49. The number of rotatable bonds is 12. The van der Waals surface area contributed by atoms with Crippen LogP contribution in [0.5, 0.6) is 0 Å². The summed E-state index contributed by atoms with van der Waals surface area (Å²) in [4.78, 5) is 0. The van der Waals surface area contributed by atoms with Crippen LogP contribution in [-0.2, 0) is 0 Å². The van der Waals surface area contributed by atoms with Gasteiger partial charge >= 0.3 is 0 Å². The van der Waals surface area contributed by atoms with Crippen molar-refractivity contribution in [2.45, 2.75) is 44.0 Å². The maximum absolute atomic E-state index is 8.86. The Bertz CT molecular complexity index is 625. The molecule has 0 saturated carbocycles. The molecule has 0 spiro atoms. The van der Waals surface area contributed by atoms with Crippen LogP contribution in [0.2, 0.25) is 0 Å². The number of hydrogen-bond acceptors (Lipinski definition) is 12. The van der Waals surface area contributed by atoms with E-state index in [0.29, 0.717) is 44.0 Å². The van der Waals surface area contributed by atoms with Crippen molar-refractivity contribution in [1.29, 1.82) is 21.0 Å². The molecule has 2 aliphatic rings. The first-order valence-electron chi connectivity index (χ1n) is 9.08. The van der Waals surface area contributed by atoms with Gasteiger partial charge in [0.1, 0.15) is 0 Å². The number of hydrogen-bond donors (Lipinski definition) is 0. The topological polar surface area (TPSA) is 95.2 Å². The van der Waals surface area contributed by atoms with Crippen LogP contribution in [-0.4, -0.2) is 41.3 Å². The molecular weight excluding hydrogens is 529 g/mol. The highest BCUT2D eigenvalue weighted by atomic mass is 32.3. The van der Waals surface area contributed by atoms with Crippen LogP contribution < -0.4 is 0 Å². The number of nitrogens with zero attached hydrogens (tertiary/aromatic N) is 4. The molecule has 12 heteroatoms. The van der Waals surface area contributed by atoms with Gasteiger partial charge in [0.15, 0.2) is 0 Å². The molecule has 0 radical (unpaired) electrons. The van der Waals surface area contributed by atoms with Crippen LogP contribution in [0.15, 0.2) is 8.47 Å². The van der Waals surface area contributed by atoms with Crippen molar-refractivity contribution in [3.8, 4) is 24.3 Å². The molecule has 2 heterocycles. The van der Waals surface area contributed by atoms with Crippen molar-refractivity contribution in [2.24, 2.45) is 0 Å². The first-order valence-corrected chi connectivity index (χ1v) is 16.8. The molecule has 30 heavy (non-hydrogen) atoms. The van der Waals surface area contributed by atoms with Crippen molar-refractivity contribution >= 4 is 94.1 Å². The van der Waals surface area contributed by atoms with Crippen molar-refractivity contribution in [2.75, 3.05) is 23.0 Å². The first-order chi connectivity index (χ1) is 14.7. The van der Waals surface area contributed by atoms with Crippen LogP contribution in [0.1, 0.15) is 25.7 Å². The Balaban J connectivity index is 2.05. The zero-order valence-electron chi connectivity index (χ0n) is 16.0. The van der Waals surface area contributed by atoms with E-state index in [1.54, 1.807) is 0 Å². The molecule has 160 valence electrons. The minimum atomic E-state index is 0.394. The smallest absolute Gasteiger partial charge is 0.0769 e. The second kappa shape index (κ2) is 16.2. The number of thioether (sulfide) groups is 8. The van der Waals surface area contributed by atoms with E-state index in [4.69, 9.17) is 21.0 Å². The third-order valence-corrected chi connectivity index (χ3v) is 17.2. The monoisotopic (exact) mass is 548 g/mol. The summed E-state index contributed by atoms with van der Waals surface area (Å²) in [6.07, 6.45) is 2.25. The summed E-state index contributed by atoms with van der Waals surface area (Å²) < 4.78 is 4.30. The highest BCUT2D eigenvalue weighted by Crippen LogP contribution is 2.64. The molecule has 2 fully saturated rings. The fourth-order valence-electron chi connectivity index (χ4n) is 2.23. The Morgan fingerprint density at radius 3 is 0.933 bits per heavy atom. The van der Waals surface area contributed by atoms with Gasteiger partial charge in [-0.05, 0) is 0 Å². The maximum atomic E-state index is 8.86. The molecule has 0 aromatic rings. The van der Waals surface area contributed by atoms with Gasteiger partial charge in [0.25, 0.3) is 0 Å². The largest absolute Gasteiger partial charge is 0.198 e. The average Bonchev–Trinajstić information content (AvgIpc) is 3.33. The third kappa shape index (κ3) is 9.16. The Morgan fingerprint density at radius 2 is 0.733 bits per heavy atom. The van der Waals surface area contributed by atoms with Gasteiger partial charge in [-0.1, -0.05) is 0 Å². The fourth-order valence-corrected chi connectivity index (χ4v) is 16.5. The molecule has 0 N–H and O–H groups in total. The summed E-state index contributed by atoms with van der Waals surface area (Å²) in [6.45, 7) is 0. The molecular formula is C18H20N4S8. The zero-order chi connectivity index (χ0) is 21.6. The van der Waals surface area contributed by atoms with E-state index >= 15 is 0 Å². The number of nitriles is 4. The highest BCUT2D eigenvalue weighted by Gasteiger charge is 2.40. The van der Waals surface area contributed by atoms with Crippen LogP contribution in [0.25, 0.3) is 0 Å². The van der Waals surface area contributed by atoms with Crippen molar-refractivity contribution in [3.05, 3.63) is 8.47 Å². The Labute approximate surface area is 213 Å². The van der Waals surface area contributed by atoms with Gasteiger partial charge in [-0.25, -0.2) is 0 Å². The predicted octanol–water partition coefficient (Wildman–Crippen LogP) is 6.96. The first kappa shape index (κ1) is 26.7. The summed E-state index contributed by atoms with van der Waals surface area (Å²) in [6, 6.07) is 8.91. The summed E-state index contributed by atoms with van der Waals surface area (Å²) in [7, 11) is 0. The molecule has 0 aromatic carbocycles. The molecule has 0 aliphatic carbocycles. The van der Waals surface area contributed by atoms with Crippen LogP contribution >= 0.6 is 94.1 Å². The zero-order valence-corrected chi connectivity index (χ0v) is 22.6. The molecule has 0 amide bonds. The average molecular weight is 549 g/mol. The summed E-state index contributed by atoms with van der Waals surface area (Å²) in [5, 5.41) is 35.4. The lowest BCUT2D eigenvalue weighted by Crippen LogP contribution is -2.08. The van der Waals surface area contributed by atoms with Crippen molar-refractivity contribution in [1.82, 2.24) is 0 Å². The second-order valence-corrected chi connectivity index (χ2v) is 17.0. The molecule has 2 aliphatic heterocycles. The van der Waals surface area contributed by atoms with Crippen molar-refractivity contribution < 1.29 is 0 Å². The lowest BCUT2D eigenvalue weighted by Gasteiger charge is -2.14. The summed E-state index contributed by atoms with van der Waals surface area (Å²) in [5.41, 5.74) is 0. The quantitative estimate of drug-likeness (QED) is 0.236. The van der Waals surface area contributed by atoms with E-state index in [9.17, 15) is 0 Å². The molecule has 4 nitrogen and oxygen atoms in total. The Morgan fingerprint density at radius 1 is 0.500 bits per heavy atom. The molecule has 2 saturated heterocycles. The minimum Gasteiger partial charge on any atom is -0.198 e. The molecule has 0 bridgehead atoms. The van der Waals surface area contributed by atoms with Crippen LogP contribution in [0.4, 0.5) is 0 Å². The van der Waals surface area contributed by atoms with Gasteiger partial charge in [-0.15, -0.1) is 94.1 Å². The van der Waals surface area contributed by atoms with E-state index in [1.807, 2.05) is 94.1 Å². The standard InChI is InChI=1S/C18H20N4S8/c19-5-1-9-23-13-14(24-10-2-6-20)28-17(27-13)18-29-15(25-11-3-7-21)16(30-18)26-12-4-8-22/h13-16H,1-4,9-12H2. The van der Waals surface area contributed by atoms with Gasteiger partial charge in [0.05, 0.1) is 51.1 Å². The highest BCUT2D eigenvalue weighted by molar-refractivity contribution is 8.41. The van der Waals surface area contributed by atoms with Gasteiger partial charge in [0.2, 0.25) is 0 Å². The molecule has 0 aromatic heterocycles. The van der Waals surface area contributed by atoms with Gasteiger partial charge in [-0.3, -0.25) is 0 Å². The Kier molecular flexibility index (Phi) is 14.4. The van der Waals surface area contributed by atoms with Crippen LogP contribution in [0, 0.1) is 45.3 Å².